The van der Waals surface area contributed by atoms with Gasteiger partial charge >= 0.3 is 0 Å². The van der Waals surface area contributed by atoms with Crippen LogP contribution in [0.15, 0.2) is 60.7 Å². The monoisotopic (exact) mass is 335 g/mol. The standard InChI is InChI=1S/C21H25N3O/c1-15(2)20-12-21(24-23-20)19(13-22)17-8-10-18(11-9-17)25-14-16-6-4-3-5-7-16/h3-12,15,19H,13-14,22H2,1-2H3,(H,23,24). The van der Waals surface area contributed by atoms with Crippen LogP contribution in [0.2, 0.25) is 0 Å². The molecule has 0 saturated heterocycles. The molecule has 1 atom stereocenters. The average molecular weight is 335 g/mol. The van der Waals surface area contributed by atoms with Gasteiger partial charge in [0.25, 0.3) is 0 Å². The summed E-state index contributed by atoms with van der Waals surface area (Å²) in [5.41, 5.74) is 10.5. The van der Waals surface area contributed by atoms with Crippen LogP contribution in [-0.4, -0.2) is 16.7 Å². The Balaban J connectivity index is 1.69. The summed E-state index contributed by atoms with van der Waals surface area (Å²) < 4.78 is 5.85. The maximum atomic E-state index is 6.02. The van der Waals surface area contributed by atoms with E-state index < -0.39 is 0 Å². The Morgan fingerprint density at radius 2 is 1.76 bits per heavy atom. The molecule has 130 valence electrons. The summed E-state index contributed by atoms with van der Waals surface area (Å²) in [4.78, 5) is 0. The fraction of sp³-hybridized carbons (Fsp3) is 0.286. The molecule has 0 spiro atoms. The zero-order chi connectivity index (χ0) is 17.6. The Morgan fingerprint density at radius 1 is 1.04 bits per heavy atom. The number of aromatic nitrogens is 2. The third kappa shape index (κ3) is 4.28. The van der Waals surface area contributed by atoms with Gasteiger partial charge in [-0.25, -0.2) is 0 Å². The van der Waals surface area contributed by atoms with Gasteiger partial charge in [0, 0.05) is 18.2 Å². The Kier molecular flexibility index (Phi) is 5.51. The molecule has 0 radical (unpaired) electrons. The predicted molar refractivity (Wildman–Crippen MR) is 101 cm³/mol. The zero-order valence-electron chi connectivity index (χ0n) is 14.8. The van der Waals surface area contributed by atoms with E-state index in [9.17, 15) is 0 Å². The van der Waals surface area contributed by atoms with E-state index >= 15 is 0 Å². The summed E-state index contributed by atoms with van der Waals surface area (Å²) in [7, 11) is 0. The molecule has 1 heterocycles. The Hall–Kier alpha value is -2.59. The average Bonchev–Trinajstić information content (AvgIpc) is 3.13. The molecule has 4 nitrogen and oxygen atoms in total. The van der Waals surface area contributed by atoms with Crippen molar-refractivity contribution in [2.24, 2.45) is 5.73 Å². The first-order valence-electron chi connectivity index (χ1n) is 8.69. The van der Waals surface area contributed by atoms with E-state index in [-0.39, 0.29) is 5.92 Å². The van der Waals surface area contributed by atoms with Crippen molar-refractivity contribution in [2.75, 3.05) is 6.54 Å². The maximum absolute atomic E-state index is 6.02. The minimum atomic E-state index is 0.114. The van der Waals surface area contributed by atoms with Crippen molar-refractivity contribution in [3.63, 3.8) is 0 Å². The van der Waals surface area contributed by atoms with Crippen LogP contribution in [0.25, 0.3) is 0 Å². The van der Waals surface area contributed by atoms with E-state index in [0.29, 0.717) is 19.1 Å². The number of hydrogen-bond donors (Lipinski definition) is 2. The lowest BCUT2D eigenvalue weighted by Crippen LogP contribution is -2.14. The second-order valence-electron chi connectivity index (χ2n) is 6.53. The van der Waals surface area contributed by atoms with Gasteiger partial charge in [-0.1, -0.05) is 56.3 Å². The summed E-state index contributed by atoms with van der Waals surface area (Å²) in [6.07, 6.45) is 0. The number of rotatable bonds is 7. The molecular formula is C21H25N3O. The summed E-state index contributed by atoms with van der Waals surface area (Å²) in [5, 5.41) is 7.52. The van der Waals surface area contributed by atoms with Crippen molar-refractivity contribution in [1.82, 2.24) is 10.2 Å². The second-order valence-corrected chi connectivity index (χ2v) is 6.53. The van der Waals surface area contributed by atoms with Gasteiger partial charge < -0.3 is 10.5 Å². The highest BCUT2D eigenvalue weighted by atomic mass is 16.5. The lowest BCUT2D eigenvalue weighted by molar-refractivity contribution is 0.306. The molecule has 4 heteroatoms. The smallest absolute Gasteiger partial charge is 0.119 e. The van der Waals surface area contributed by atoms with Gasteiger partial charge in [0.2, 0.25) is 0 Å². The molecule has 0 fully saturated rings. The fourth-order valence-corrected chi connectivity index (χ4v) is 2.81. The van der Waals surface area contributed by atoms with Gasteiger partial charge in [-0.3, -0.25) is 5.10 Å². The van der Waals surface area contributed by atoms with Gasteiger partial charge in [-0.05, 0) is 35.2 Å². The first-order valence-corrected chi connectivity index (χ1v) is 8.69. The second kappa shape index (κ2) is 7.99. The van der Waals surface area contributed by atoms with Gasteiger partial charge in [0.1, 0.15) is 12.4 Å². The van der Waals surface area contributed by atoms with Crippen LogP contribution in [0.1, 0.15) is 48.2 Å². The molecule has 1 unspecified atom stereocenters. The topological polar surface area (TPSA) is 63.9 Å². The minimum absolute atomic E-state index is 0.114. The number of nitrogens with one attached hydrogen (secondary N) is 1. The van der Waals surface area contributed by atoms with E-state index in [1.54, 1.807) is 0 Å². The molecule has 1 aromatic heterocycles. The fourth-order valence-electron chi connectivity index (χ4n) is 2.81. The van der Waals surface area contributed by atoms with Crippen LogP contribution < -0.4 is 10.5 Å². The number of benzene rings is 2. The molecule has 0 aliphatic rings. The molecular weight excluding hydrogens is 310 g/mol. The maximum Gasteiger partial charge on any atom is 0.119 e. The lowest BCUT2D eigenvalue weighted by atomic mass is 9.95. The van der Waals surface area contributed by atoms with Gasteiger partial charge in [-0.2, -0.15) is 5.10 Å². The third-order valence-corrected chi connectivity index (χ3v) is 4.35. The summed E-state index contributed by atoms with van der Waals surface area (Å²) in [6, 6.07) is 20.4. The number of nitrogens with two attached hydrogens (primary N) is 1. The van der Waals surface area contributed by atoms with Crippen molar-refractivity contribution in [3.05, 3.63) is 83.2 Å². The van der Waals surface area contributed by atoms with Crippen molar-refractivity contribution in [1.29, 1.82) is 0 Å². The molecule has 0 aliphatic carbocycles. The first kappa shape index (κ1) is 17.2. The van der Waals surface area contributed by atoms with Crippen molar-refractivity contribution >= 4 is 0 Å². The number of ether oxygens (including phenoxy) is 1. The summed E-state index contributed by atoms with van der Waals surface area (Å²) in [6.45, 7) is 5.37. The highest BCUT2D eigenvalue weighted by molar-refractivity contribution is 5.35. The van der Waals surface area contributed by atoms with E-state index in [1.165, 1.54) is 0 Å². The van der Waals surface area contributed by atoms with Gasteiger partial charge in [0.15, 0.2) is 0 Å². The third-order valence-electron chi connectivity index (χ3n) is 4.35. The number of nitrogens with zero attached hydrogens (tertiary/aromatic N) is 1. The van der Waals surface area contributed by atoms with Crippen molar-refractivity contribution < 1.29 is 4.74 Å². The van der Waals surface area contributed by atoms with E-state index in [4.69, 9.17) is 10.5 Å². The molecule has 0 aliphatic heterocycles. The minimum Gasteiger partial charge on any atom is -0.489 e. The number of hydrogen-bond acceptors (Lipinski definition) is 3. The van der Waals surface area contributed by atoms with E-state index in [2.05, 4.69) is 54.4 Å². The molecule has 3 aromatic rings. The van der Waals surface area contributed by atoms with Crippen LogP contribution >= 0.6 is 0 Å². The Labute approximate surface area is 149 Å². The SMILES string of the molecule is CC(C)c1cc(C(CN)c2ccc(OCc3ccccc3)cc2)[nH]n1. The molecule has 0 bridgehead atoms. The van der Waals surface area contributed by atoms with E-state index in [1.807, 2.05) is 30.3 Å². The van der Waals surface area contributed by atoms with Gasteiger partial charge in [-0.15, -0.1) is 0 Å². The van der Waals surface area contributed by atoms with Crippen LogP contribution in [0.3, 0.4) is 0 Å². The molecule has 25 heavy (non-hydrogen) atoms. The molecule has 3 rings (SSSR count). The summed E-state index contributed by atoms with van der Waals surface area (Å²) in [5.74, 6) is 1.37. The largest absolute Gasteiger partial charge is 0.489 e. The van der Waals surface area contributed by atoms with E-state index in [0.717, 1.165) is 28.3 Å². The molecule has 3 N–H and O–H groups in total. The highest BCUT2D eigenvalue weighted by Gasteiger charge is 2.16. The highest BCUT2D eigenvalue weighted by Crippen LogP contribution is 2.26. The van der Waals surface area contributed by atoms with Crippen LogP contribution in [0, 0.1) is 0 Å². The Morgan fingerprint density at radius 3 is 2.36 bits per heavy atom. The predicted octanol–water partition coefficient (Wildman–Crippen LogP) is 4.20. The first-order chi connectivity index (χ1) is 12.2. The number of aromatic amines is 1. The van der Waals surface area contributed by atoms with Crippen molar-refractivity contribution in [2.45, 2.75) is 32.3 Å². The van der Waals surface area contributed by atoms with Crippen LogP contribution in [0.5, 0.6) is 5.75 Å². The quantitative estimate of drug-likeness (QED) is 0.680. The molecule has 0 saturated carbocycles. The number of H-pyrrole nitrogens is 1. The molecule has 0 amide bonds. The lowest BCUT2D eigenvalue weighted by Gasteiger charge is -2.14. The van der Waals surface area contributed by atoms with Crippen molar-refractivity contribution in [3.8, 4) is 5.75 Å². The van der Waals surface area contributed by atoms with Crippen LogP contribution in [-0.2, 0) is 6.61 Å². The Bertz CT molecular complexity index is 778. The molecule has 2 aromatic carbocycles. The normalized spacial score (nSPS) is 12.3. The summed E-state index contributed by atoms with van der Waals surface area (Å²) >= 11 is 0. The zero-order valence-corrected chi connectivity index (χ0v) is 14.8. The van der Waals surface area contributed by atoms with Crippen LogP contribution in [0.4, 0.5) is 0 Å². The van der Waals surface area contributed by atoms with Gasteiger partial charge in [0.05, 0.1) is 5.69 Å².